The fourth-order valence-electron chi connectivity index (χ4n) is 2.61. The zero-order valence-corrected chi connectivity index (χ0v) is 12.8. The number of benzene rings is 1. The van der Waals surface area contributed by atoms with Crippen molar-refractivity contribution in [2.75, 3.05) is 33.5 Å². The molecule has 21 heavy (non-hydrogen) atoms. The number of ether oxygens (including phenoxy) is 2. The van der Waals surface area contributed by atoms with E-state index in [1.165, 1.54) is 0 Å². The van der Waals surface area contributed by atoms with E-state index in [-0.39, 0.29) is 6.61 Å². The number of methoxy groups -OCH3 is 1. The third-order valence-corrected chi connectivity index (χ3v) is 3.79. The molecule has 1 aliphatic rings. The largest absolute Gasteiger partial charge is 0.496 e. The summed E-state index contributed by atoms with van der Waals surface area (Å²) in [5, 5.41) is 8.80. The normalized spacial score (nSPS) is 18.9. The Morgan fingerprint density at radius 3 is 3.05 bits per heavy atom. The summed E-state index contributed by atoms with van der Waals surface area (Å²) in [4.78, 5) is 2.44. The van der Waals surface area contributed by atoms with Crippen LogP contribution < -0.4 is 4.74 Å². The predicted octanol–water partition coefficient (Wildman–Crippen LogP) is 1.65. The SMILES string of the molecule is CCC1COCCN1Cc1cc(C#CCO)ccc1OC. The second-order valence-electron chi connectivity index (χ2n) is 5.09. The van der Waals surface area contributed by atoms with Gasteiger partial charge in [0.1, 0.15) is 12.4 Å². The van der Waals surface area contributed by atoms with Crippen molar-refractivity contribution >= 4 is 0 Å². The minimum Gasteiger partial charge on any atom is -0.496 e. The minimum atomic E-state index is -0.122. The molecule has 0 amide bonds. The zero-order valence-electron chi connectivity index (χ0n) is 12.8. The average molecular weight is 289 g/mol. The maximum absolute atomic E-state index is 8.80. The van der Waals surface area contributed by atoms with Gasteiger partial charge in [-0.15, -0.1) is 0 Å². The molecule has 0 saturated carbocycles. The highest BCUT2D eigenvalue weighted by molar-refractivity contribution is 5.44. The monoisotopic (exact) mass is 289 g/mol. The van der Waals surface area contributed by atoms with Crippen LogP contribution in [0.25, 0.3) is 0 Å². The van der Waals surface area contributed by atoms with Gasteiger partial charge in [-0.3, -0.25) is 4.90 Å². The fourth-order valence-corrected chi connectivity index (χ4v) is 2.61. The molecule has 4 heteroatoms. The van der Waals surface area contributed by atoms with Gasteiger partial charge in [0.05, 0.1) is 20.3 Å². The lowest BCUT2D eigenvalue weighted by molar-refractivity contribution is -0.0129. The molecule has 1 aliphatic heterocycles. The maximum Gasteiger partial charge on any atom is 0.123 e. The Morgan fingerprint density at radius 2 is 2.33 bits per heavy atom. The quantitative estimate of drug-likeness (QED) is 0.856. The van der Waals surface area contributed by atoms with Crippen LogP contribution in [0.15, 0.2) is 18.2 Å². The Labute approximate surface area is 126 Å². The summed E-state index contributed by atoms with van der Waals surface area (Å²) in [7, 11) is 1.69. The number of hydrogen-bond donors (Lipinski definition) is 1. The molecule has 1 fully saturated rings. The molecule has 1 saturated heterocycles. The van der Waals surface area contributed by atoms with Crippen molar-refractivity contribution in [1.82, 2.24) is 4.90 Å². The molecular weight excluding hydrogens is 266 g/mol. The Kier molecular flexibility index (Phi) is 6.06. The van der Waals surface area contributed by atoms with Crippen molar-refractivity contribution in [2.24, 2.45) is 0 Å². The van der Waals surface area contributed by atoms with Crippen LogP contribution in [0.5, 0.6) is 5.75 Å². The van der Waals surface area contributed by atoms with Crippen molar-refractivity contribution in [3.63, 3.8) is 0 Å². The van der Waals surface area contributed by atoms with Gasteiger partial charge in [0.2, 0.25) is 0 Å². The van der Waals surface area contributed by atoms with Crippen LogP contribution in [-0.4, -0.2) is 49.5 Å². The lowest BCUT2D eigenvalue weighted by Gasteiger charge is -2.35. The Morgan fingerprint density at radius 1 is 1.48 bits per heavy atom. The number of morpholine rings is 1. The third-order valence-electron chi connectivity index (χ3n) is 3.79. The molecule has 0 spiro atoms. The van der Waals surface area contributed by atoms with E-state index in [2.05, 4.69) is 23.7 Å². The Bertz CT molecular complexity index is 519. The number of aliphatic hydroxyl groups is 1. The van der Waals surface area contributed by atoms with E-state index in [0.717, 1.165) is 49.6 Å². The molecular formula is C17H23NO3. The summed E-state index contributed by atoms with van der Waals surface area (Å²) in [5.74, 6) is 6.51. The van der Waals surface area contributed by atoms with E-state index in [1.807, 2.05) is 18.2 Å². The predicted molar refractivity (Wildman–Crippen MR) is 82.3 cm³/mol. The van der Waals surface area contributed by atoms with Gasteiger partial charge in [-0.2, -0.15) is 0 Å². The first-order chi connectivity index (χ1) is 10.3. The van der Waals surface area contributed by atoms with Crippen LogP contribution in [0.1, 0.15) is 24.5 Å². The topological polar surface area (TPSA) is 41.9 Å². The molecule has 0 radical (unpaired) electrons. The standard InChI is InChI=1S/C17H23NO3/c1-3-16-13-21-10-8-18(16)12-15-11-14(5-4-9-19)6-7-17(15)20-2/h6-7,11,16,19H,3,8-10,12-13H2,1-2H3. The molecule has 1 atom stereocenters. The van der Waals surface area contributed by atoms with Gasteiger partial charge >= 0.3 is 0 Å². The number of nitrogens with zero attached hydrogens (tertiary/aromatic N) is 1. The van der Waals surface area contributed by atoms with Gasteiger partial charge in [-0.25, -0.2) is 0 Å². The molecule has 0 bridgehead atoms. The smallest absolute Gasteiger partial charge is 0.123 e. The first kappa shape index (κ1) is 15.8. The highest BCUT2D eigenvalue weighted by atomic mass is 16.5. The summed E-state index contributed by atoms with van der Waals surface area (Å²) in [6, 6.07) is 6.36. The molecule has 2 rings (SSSR count). The first-order valence-corrected chi connectivity index (χ1v) is 7.37. The van der Waals surface area contributed by atoms with E-state index < -0.39 is 0 Å². The summed E-state index contributed by atoms with van der Waals surface area (Å²) in [6.07, 6.45) is 1.08. The summed E-state index contributed by atoms with van der Waals surface area (Å²) in [5.41, 5.74) is 2.03. The van der Waals surface area contributed by atoms with Gasteiger partial charge < -0.3 is 14.6 Å². The fraction of sp³-hybridized carbons (Fsp3) is 0.529. The summed E-state index contributed by atoms with van der Waals surface area (Å²) >= 11 is 0. The van der Waals surface area contributed by atoms with E-state index in [4.69, 9.17) is 14.6 Å². The van der Waals surface area contributed by atoms with E-state index in [1.54, 1.807) is 7.11 Å². The van der Waals surface area contributed by atoms with Crippen molar-refractivity contribution in [3.05, 3.63) is 29.3 Å². The molecule has 114 valence electrons. The maximum atomic E-state index is 8.80. The third kappa shape index (κ3) is 4.21. The van der Waals surface area contributed by atoms with Crippen molar-refractivity contribution in [3.8, 4) is 17.6 Å². The molecule has 0 aromatic heterocycles. The molecule has 1 aromatic carbocycles. The van der Waals surface area contributed by atoms with Gasteiger partial charge in [0, 0.05) is 30.3 Å². The zero-order chi connectivity index (χ0) is 15.1. The minimum absolute atomic E-state index is 0.122. The van der Waals surface area contributed by atoms with Crippen LogP contribution in [0, 0.1) is 11.8 Å². The highest BCUT2D eigenvalue weighted by Crippen LogP contribution is 2.23. The van der Waals surface area contributed by atoms with Gasteiger partial charge in [-0.05, 0) is 24.6 Å². The lowest BCUT2D eigenvalue weighted by Crippen LogP contribution is -2.44. The first-order valence-electron chi connectivity index (χ1n) is 7.37. The lowest BCUT2D eigenvalue weighted by atomic mass is 10.1. The van der Waals surface area contributed by atoms with Crippen molar-refractivity contribution in [1.29, 1.82) is 0 Å². The molecule has 1 N–H and O–H groups in total. The number of hydrogen-bond acceptors (Lipinski definition) is 4. The van der Waals surface area contributed by atoms with Crippen LogP contribution >= 0.6 is 0 Å². The second-order valence-corrected chi connectivity index (χ2v) is 5.09. The second kappa shape index (κ2) is 8.04. The van der Waals surface area contributed by atoms with Gasteiger partial charge in [0.15, 0.2) is 0 Å². The highest BCUT2D eigenvalue weighted by Gasteiger charge is 2.22. The number of aliphatic hydroxyl groups excluding tert-OH is 1. The summed E-state index contributed by atoms with van der Waals surface area (Å²) < 4.78 is 11.0. The van der Waals surface area contributed by atoms with Crippen molar-refractivity contribution in [2.45, 2.75) is 25.9 Å². The Hall–Kier alpha value is -1.54. The van der Waals surface area contributed by atoms with E-state index in [0.29, 0.717) is 6.04 Å². The molecule has 4 nitrogen and oxygen atoms in total. The van der Waals surface area contributed by atoms with Gasteiger partial charge in [0.25, 0.3) is 0 Å². The van der Waals surface area contributed by atoms with Gasteiger partial charge in [-0.1, -0.05) is 18.8 Å². The molecule has 0 aliphatic carbocycles. The molecule has 1 aromatic rings. The number of rotatable bonds is 4. The van der Waals surface area contributed by atoms with Crippen LogP contribution in [0.4, 0.5) is 0 Å². The average Bonchev–Trinajstić information content (AvgIpc) is 2.53. The molecule has 1 heterocycles. The van der Waals surface area contributed by atoms with Crippen LogP contribution in [0.2, 0.25) is 0 Å². The Balaban J connectivity index is 2.19. The van der Waals surface area contributed by atoms with Crippen LogP contribution in [-0.2, 0) is 11.3 Å². The van der Waals surface area contributed by atoms with Crippen LogP contribution in [0.3, 0.4) is 0 Å². The van der Waals surface area contributed by atoms with E-state index in [9.17, 15) is 0 Å². The van der Waals surface area contributed by atoms with E-state index >= 15 is 0 Å². The summed E-state index contributed by atoms with van der Waals surface area (Å²) in [6.45, 7) is 5.41. The molecule has 1 unspecified atom stereocenters. The van der Waals surface area contributed by atoms with Crippen molar-refractivity contribution < 1.29 is 14.6 Å².